The van der Waals surface area contributed by atoms with Gasteiger partial charge in [0.15, 0.2) is 11.5 Å². The Bertz CT molecular complexity index is 750. The number of carbonyl (C=O) groups is 1. The zero-order valence-corrected chi connectivity index (χ0v) is 16.2. The third-order valence-corrected chi connectivity index (χ3v) is 5.17. The van der Waals surface area contributed by atoms with Crippen molar-refractivity contribution in [3.63, 3.8) is 0 Å². The maximum Gasteiger partial charge on any atom is 0.286 e. The van der Waals surface area contributed by atoms with Crippen LogP contribution in [0.1, 0.15) is 22.8 Å². The molecule has 0 bridgehead atoms. The summed E-state index contributed by atoms with van der Waals surface area (Å²) in [6.07, 6.45) is 0. The number of ether oxygens (including phenoxy) is 2. The lowest BCUT2D eigenvalue weighted by atomic mass is 10.1. The molecule has 0 fully saturated rings. The minimum atomic E-state index is -0.599. The molecule has 7 nitrogen and oxygen atoms in total. The van der Waals surface area contributed by atoms with E-state index in [-0.39, 0.29) is 17.0 Å². The quantitative estimate of drug-likeness (QED) is 0.374. The summed E-state index contributed by atoms with van der Waals surface area (Å²) < 4.78 is 10.5. The SMILES string of the molecule is CCOc1cc(C(=O)NCCSCc2ccsc2)c([N+](=O)[O-])cc1OC. The Labute approximate surface area is 159 Å². The highest BCUT2D eigenvalue weighted by atomic mass is 32.2. The number of thioether (sulfide) groups is 1. The summed E-state index contributed by atoms with van der Waals surface area (Å²) in [5, 5.41) is 18.1. The maximum absolute atomic E-state index is 12.4. The molecular weight excluding hydrogens is 376 g/mol. The molecule has 2 rings (SSSR count). The molecule has 26 heavy (non-hydrogen) atoms. The number of thiophene rings is 1. The van der Waals surface area contributed by atoms with Crippen LogP contribution in [0.5, 0.6) is 11.5 Å². The third-order valence-electron chi connectivity index (χ3n) is 3.40. The van der Waals surface area contributed by atoms with Gasteiger partial charge in [0, 0.05) is 24.1 Å². The Morgan fingerprint density at radius 3 is 2.81 bits per heavy atom. The van der Waals surface area contributed by atoms with Gasteiger partial charge in [0.1, 0.15) is 5.56 Å². The van der Waals surface area contributed by atoms with Crippen molar-refractivity contribution in [3.8, 4) is 11.5 Å². The minimum Gasteiger partial charge on any atom is -0.493 e. The van der Waals surface area contributed by atoms with Crippen molar-refractivity contribution in [3.05, 3.63) is 50.2 Å². The van der Waals surface area contributed by atoms with E-state index in [0.717, 1.165) is 5.75 Å². The number of carbonyl (C=O) groups excluding carboxylic acids is 1. The molecule has 1 aromatic carbocycles. The summed E-state index contributed by atoms with van der Waals surface area (Å²) in [6, 6.07) is 4.63. The van der Waals surface area contributed by atoms with E-state index in [1.54, 1.807) is 30.0 Å². The average molecular weight is 396 g/mol. The Morgan fingerprint density at radius 2 is 2.19 bits per heavy atom. The highest BCUT2D eigenvalue weighted by Gasteiger charge is 2.24. The van der Waals surface area contributed by atoms with Gasteiger partial charge in [-0.05, 0) is 29.3 Å². The van der Waals surface area contributed by atoms with Crippen molar-refractivity contribution < 1.29 is 19.2 Å². The molecule has 0 spiro atoms. The van der Waals surface area contributed by atoms with Gasteiger partial charge in [-0.3, -0.25) is 14.9 Å². The van der Waals surface area contributed by atoms with Crippen molar-refractivity contribution in [2.45, 2.75) is 12.7 Å². The summed E-state index contributed by atoms with van der Waals surface area (Å²) in [5.41, 5.74) is 0.897. The fourth-order valence-electron chi connectivity index (χ4n) is 2.21. The molecule has 0 aliphatic carbocycles. The number of nitro groups is 1. The molecule has 1 N–H and O–H groups in total. The van der Waals surface area contributed by atoms with E-state index in [9.17, 15) is 14.9 Å². The second-order valence-electron chi connectivity index (χ2n) is 5.15. The van der Waals surface area contributed by atoms with Gasteiger partial charge in [0.05, 0.1) is 24.7 Å². The summed E-state index contributed by atoms with van der Waals surface area (Å²) in [4.78, 5) is 23.1. The van der Waals surface area contributed by atoms with Crippen LogP contribution in [0.4, 0.5) is 5.69 Å². The van der Waals surface area contributed by atoms with E-state index in [4.69, 9.17) is 9.47 Å². The minimum absolute atomic E-state index is 0.0397. The van der Waals surface area contributed by atoms with Crippen LogP contribution in [-0.4, -0.2) is 36.8 Å². The molecule has 9 heteroatoms. The van der Waals surface area contributed by atoms with Gasteiger partial charge in [-0.2, -0.15) is 23.1 Å². The largest absolute Gasteiger partial charge is 0.493 e. The molecule has 140 valence electrons. The molecule has 1 heterocycles. The molecule has 0 radical (unpaired) electrons. The second kappa shape index (κ2) is 10.0. The molecule has 0 saturated heterocycles. The van der Waals surface area contributed by atoms with Crippen LogP contribution < -0.4 is 14.8 Å². The van der Waals surface area contributed by atoms with Crippen LogP contribution in [0.15, 0.2) is 29.0 Å². The fraction of sp³-hybridized carbons (Fsp3) is 0.353. The number of rotatable bonds is 10. The summed E-state index contributed by atoms with van der Waals surface area (Å²) in [7, 11) is 1.39. The van der Waals surface area contributed by atoms with Crippen LogP contribution in [0.25, 0.3) is 0 Å². The van der Waals surface area contributed by atoms with E-state index in [1.807, 2.05) is 5.38 Å². The van der Waals surface area contributed by atoms with E-state index in [1.165, 1.54) is 24.8 Å². The van der Waals surface area contributed by atoms with Gasteiger partial charge in [0.25, 0.3) is 11.6 Å². The van der Waals surface area contributed by atoms with Crippen molar-refractivity contribution >= 4 is 34.7 Å². The topological polar surface area (TPSA) is 90.7 Å². The van der Waals surface area contributed by atoms with E-state index >= 15 is 0 Å². The van der Waals surface area contributed by atoms with Crippen LogP contribution in [-0.2, 0) is 5.75 Å². The van der Waals surface area contributed by atoms with Gasteiger partial charge in [-0.25, -0.2) is 0 Å². The first-order chi connectivity index (χ1) is 12.6. The standard InChI is InChI=1S/C17H20N2O5S2/c1-3-24-16-8-13(14(19(21)22)9-15(16)23-2)17(20)18-5-7-26-11-12-4-6-25-10-12/h4,6,8-10H,3,5,7,11H2,1-2H3,(H,18,20). The predicted octanol–water partition coefficient (Wildman–Crippen LogP) is 3.73. The lowest BCUT2D eigenvalue weighted by Crippen LogP contribution is -2.26. The number of nitro benzene ring substituents is 1. The molecule has 1 amide bonds. The van der Waals surface area contributed by atoms with Gasteiger partial charge in [-0.15, -0.1) is 0 Å². The second-order valence-corrected chi connectivity index (χ2v) is 7.04. The molecule has 0 saturated carbocycles. The normalized spacial score (nSPS) is 10.4. The average Bonchev–Trinajstić information content (AvgIpc) is 3.14. The lowest BCUT2D eigenvalue weighted by Gasteiger charge is -2.12. The number of amides is 1. The van der Waals surface area contributed by atoms with Crippen LogP contribution in [0.3, 0.4) is 0 Å². The summed E-state index contributed by atoms with van der Waals surface area (Å²) in [6.45, 7) is 2.56. The Kier molecular flexibility index (Phi) is 7.73. The molecule has 0 atom stereocenters. The van der Waals surface area contributed by atoms with Crippen molar-refractivity contribution in [1.29, 1.82) is 0 Å². The fourth-order valence-corrected chi connectivity index (χ4v) is 3.79. The highest BCUT2D eigenvalue weighted by Crippen LogP contribution is 2.34. The van der Waals surface area contributed by atoms with Crippen LogP contribution >= 0.6 is 23.1 Å². The van der Waals surface area contributed by atoms with E-state index < -0.39 is 10.8 Å². The molecule has 0 aliphatic heterocycles. The number of hydrogen-bond acceptors (Lipinski definition) is 7. The zero-order chi connectivity index (χ0) is 18.9. The smallest absolute Gasteiger partial charge is 0.286 e. The summed E-state index contributed by atoms with van der Waals surface area (Å²) >= 11 is 3.34. The van der Waals surface area contributed by atoms with Gasteiger partial charge >= 0.3 is 0 Å². The number of hydrogen-bond donors (Lipinski definition) is 1. The molecule has 0 unspecified atom stereocenters. The molecule has 1 aromatic heterocycles. The van der Waals surface area contributed by atoms with Gasteiger partial charge in [-0.1, -0.05) is 0 Å². The third kappa shape index (κ3) is 5.37. The zero-order valence-electron chi connectivity index (χ0n) is 14.5. The summed E-state index contributed by atoms with van der Waals surface area (Å²) in [5.74, 6) is 1.61. The molecular formula is C17H20N2O5S2. The van der Waals surface area contributed by atoms with E-state index in [2.05, 4.69) is 16.8 Å². The Morgan fingerprint density at radius 1 is 1.38 bits per heavy atom. The first kappa shape index (κ1) is 20.1. The van der Waals surface area contributed by atoms with Gasteiger partial charge in [0.2, 0.25) is 0 Å². The predicted molar refractivity (Wildman–Crippen MR) is 104 cm³/mol. The first-order valence-electron chi connectivity index (χ1n) is 7.93. The van der Waals surface area contributed by atoms with E-state index in [0.29, 0.717) is 24.7 Å². The molecule has 2 aromatic rings. The lowest BCUT2D eigenvalue weighted by molar-refractivity contribution is -0.385. The maximum atomic E-state index is 12.4. The van der Waals surface area contributed by atoms with Crippen molar-refractivity contribution in [1.82, 2.24) is 5.32 Å². The number of nitrogens with one attached hydrogen (secondary N) is 1. The van der Waals surface area contributed by atoms with Gasteiger partial charge < -0.3 is 14.8 Å². The van der Waals surface area contributed by atoms with Crippen molar-refractivity contribution in [2.24, 2.45) is 0 Å². The first-order valence-corrected chi connectivity index (χ1v) is 10.0. The number of benzene rings is 1. The van der Waals surface area contributed by atoms with Crippen LogP contribution in [0.2, 0.25) is 0 Å². The monoisotopic (exact) mass is 396 g/mol. The number of nitrogens with zero attached hydrogens (tertiary/aromatic N) is 1. The number of methoxy groups -OCH3 is 1. The van der Waals surface area contributed by atoms with Crippen LogP contribution in [0, 0.1) is 10.1 Å². The Balaban J connectivity index is 2.01. The molecule has 0 aliphatic rings. The highest BCUT2D eigenvalue weighted by molar-refractivity contribution is 7.98. The Hall–Kier alpha value is -2.26. The van der Waals surface area contributed by atoms with Crippen molar-refractivity contribution in [2.75, 3.05) is 26.0 Å².